The van der Waals surface area contributed by atoms with E-state index in [1.165, 1.54) is 0 Å². The fourth-order valence-electron chi connectivity index (χ4n) is 4.44. The minimum absolute atomic E-state index is 0.0128. The Morgan fingerprint density at radius 1 is 1.10 bits per heavy atom. The van der Waals surface area contributed by atoms with Crippen LogP contribution < -0.4 is 5.32 Å². The molecule has 2 aliphatic heterocycles. The number of hydrazine groups is 1. The first-order chi connectivity index (χ1) is 14.7. The lowest BCUT2D eigenvalue weighted by molar-refractivity contribution is -0.188. The van der Waals surface area contributed by atoms with Crippen LogP contribution in [-0.4, -0.2) is 76.6 Å². The number of carbonyl (C=O) groups is 3. The second-order valence-electron chi connectivity index (χ2n) is 9.37. The molecule has 2 heterocycles. The summed E-state index contributed by atoms with van der Waals surface area (Å²) in [6.45, 7) is 9.63. The third kappa shape index (κ3) is 5.18. The molecule has 1 N–H and O–H groups in total. The molecule has 0 unspecified atom stereocenters. The van der Waals surface area contributed by atoms with E-state index in [2.05, 4.69) is 33.0 Å². The molecule has 0 saturated carbocycles. The number of hydrogen-bond acceptors (Lipinski definition) is 4. The van der Waals surface area contributed by atoms with Crippen LogP contribution in [0.25, 0.3) is 0 Å². The van der Waals surface area contributed by atoms with E-state index in [1.807, 2.05) is 35.2 Å². The molecule has 1 aromatic rings. The van der Waals surface area contributed by atoms with Gasteiger partial charge in [0.15, 0.2) is 0 Å². The molecule has 170 valence electrons. The zero-order chi connectivity index (χ0) is 22.7. The van der Waals surface area contributed by atoms with Crippen molar-refractivity contribution < 1.29 is 14.4 Å². The summed E-state index contributed by atoms with van der Waals surface area (Å²) in [5.41, 5.74) is 1.00. The first kappa shape index (κ1) is 23.1. The maximum atomic E-state index is 13.3. The van der Waals surface area contributed by atoms with Crippen molar-refractivity contribution in [1.82, 2.24) is 25.1 Å². The maximum Gasteiger partial charge on any atom is 0.334 e. The summed E-state index contributed by atoms with van der Waals surface area (Å²) in [6, 6.07) is 8.91. The van der Waals surface area contributed by atoms with Gasteiger partial charge in [0.1, 0.15) is 12.2 Å². The van der Waals surface area contributed by atoms with E-state index in [4.69, 9.17) is 0 Å². The summed E-state index contributed by atoms with van der Waals surface area (Å²) < 4.78 is 0. The van der Waals surface area contributed by atoms with Crippen molar-refractivity contribution in [3.8, 4) is 0 Å². The minimum Gasteiger partial charge on any atom is -0.337 e. The summed E-state index contributed by atoms with van der Waals surface area (Å²) in [5.74, 6) is 0.429. The van der Waals surface area contributed by atoms with Crippen LogP contribution in [0.3, 0.4) is 0 Å². The van der Waals surface area contributed by atoms with Crippen molar-refractivity contribution >= 4 is 17.8 Å². The zero-order valence-corrected chi connectivity index (χ0v) is 19.2. The number of nitrogens with zero attached hydrogens (tertiary/aromatic N) is 4. The number of rotatable bonds is 6. The second-order valence-corrected chi connectivity index (χ2v) is 9.37. The number of amides is 4. The van der Waals surface area contributed by atoms with Crippen molar-refractivity contribution in [3.63, 3.8) is 0 Å². The number of piperazine rings is 1. The minimum atomic E-state index is -0.539. The number of urea groups is 1. The van der Waals surface area contributed by atoms with Crippen molar-refractivity contribution in [2.24, 2.45) is 11.8 Å². The first-order valence-corrected chi connectivity index (χ1v) is 11.1. The van der Waals surface area contributed by atoms with Gasteiger partial charge in [0.2, 0.25) is 11.8 Å². The van der Waals surface area contributed by atoms with Gasteiger partial charge in [0.05, 0.1) is 13.1 Å². The topological polar surface area (TPSA) is 76.2 Å². The van der Waals surface area contributed by atoms with Gasteiger partial charge >= 0.3 is 6.03 Å². The Bertz CT molecular complexity index is 798. The van der Waals surface area contributed by atoms with Gasteiger partial charge in [-0.15, -0.1) is 0 Å². The van der Waals surface area contributed by atoms with Crippen molar-refractivity contribution in [1.29, 1.82) is 0 Å². The van der Waals surface area contributed by atoms with Gasteiger partial charge in [-0.2, -0.15) is 0 Å². The molecule has 0 aliphatic carbocycles. The summed E-state index contributed by atoms with van der Waals surface area (Å²) in [6.07, 6.45) is 0.0704. The predicted octanol–water partition coefficient (Wildman–Crippen LogP) is 2.13. The fraction of sp³-hybridized carbons (Fsp3) is 0.609. The molecule has 0 aromatic heterocycles. The van der Waals surface area contributed by atoms with E-state index in [0.717, 1.165) is 5.56 Å². The molecule has 8 heteroatoms. The molecule has 2 aliphatic rings. The lowest BCUT2D eigenvalue weighted by Gasteiger charge is -2.55. The highest BCUT2D eigenvalue weighted by atomic mass is 16.2. The Balaban J connectivity index is 1.86. The third-order valence-electron chi connectivity index (χ3n) is 5.71. The number of benzene rings is 1. The fourth-order valence-corrected chi connectivity index (χ4v) is 4.44. The van der Waals surface area contributed by atoms with Crippen LogP contribution in [0, 0.1) is 11.8 Å². The van der Waals surface area contributed by atoms with E-state index in [9.17, 15) is 14.4 Å². The molecule has 0 spiro atoms. The molecule has 8 nitrogen and oxygen atoms in total. The van der Waals surface area contributed by atoms with Crippen LogP contribution >= 0.6 is 0 Å². The highest BCUT2D eigenvalue weighted by Gasteiger charge is 2.50. The molecule has 1 aromatic carbocycles. The number of hydrogen-bond donors (Lipinski definition) is 1. The quantitative estimate of drug-likeness (QED) is 0.752. The largest absolute Gasteiger partial charge is 0.337 e. The Kier molecular flexibility index (Phi) is 7.20. The van der Waals surface area contributed by atoms with Gasteiger partial charge in [-0.25, -0.2) is 14.8 Å². The van der Waals surface area contributed by atoms with Gasteiger partial charge in [-0.3, -0.25) is 9.59 Å². The van der Waals surface area contributed by atoms with E-state index >= 15 is 0 Å². The molecule has 2 saturated heterocycles. The number of carbonyl (C=O) groups excluding carboxylic acids is 3. The Morgan fingerprint density at radius 2 is 1.77 bits per heavy atom. The lowest BCUT2D eigenvalue weighted by Crippen LogP contribution is -2.76. The monoisotopic (exact) mass is 429 g/mol. The smallest absolute Gasteiger partial charge is 0.334 e. The van der Waals surface area contributed by atoms with Crippen LogP contribution in [0.5, 0.6) is 0 Å². The van der Waals surface area contributed by atoms with Gasteiger partial charge in [-0.05, 0) is 23.8 Å². The zero-order valence-electron chi connectivity index (χ0n) is 19.2. The van der Waals surface area contributed by atoms with Crippen LogP contribution in [0.15, 0.2) is 30.3 Å². The van der Waals surface area contributed by atoms with Gasteiger partial charge in [-0.1, -0.05) is 58.0 Å². The van der Waals surface area contributed by atoms with E-state index in [1.54, 1.807) is 22.0 Å². The molecule has 2 atom stereocenters. The Morgan fingerprint density at radius 3 is 2.39 bits per heavy atom. The molecular formula is C23H35N5O3. The number of fused-ring (bicyclic) bond motifs is 1. The average molecular weight is 430 g/mol. The lowest BCUT2D eigenvalue weighted by atomic mass is 9.96. The summed E-state index contributed by atoms with van der Waals surface area (Å²) in [7, 11) is 1.75. The SMILES string of the molecule is CC(C)C[C@H]1C(=O)N(CC(C)C)C[C@H]2N1C(=O)CN(C)N2C(=O)NCc1ccccc1. The summed E-state index contributed by atoms with van der Waals surface area (Å²) >= 11 is 0. The Labute approximate surface area is 185 Å². The normalized spacial score (nSPS) is 22.4. The van der Waals surface area contributed by atoms with Crippen molar-refractivity contribution in [3.05, 3.63) is 35.9 Å². The van der Waals surface area contributed by atoms with E-state index < -0.39 is 12.2 Å². The first-order valence-electron chi connectivity index (χ1n) is 11.1. The molecule has 31 heavy (non-hydrogen) atoms. The van der Waals surface area contributed by atoms with Crippen LogP contribution in [0.2, 0.25) is 0 Å². The van der Waals surface area contributed by atoms with Crippen LogP contribution in [0.4, 0.5) is 4.79 Å². The van der Waals surface area contributed by atoms with Gasteiger partial charge in [0, 0.05) is 20.1 Å². The molecule has 3 rings (SSSR count). The van der Waals surface area contributed by atoms with E-state index in [-0.39, 0.29) is 30.3 Å². The number of likely N-dealkylation sites (N-methyl/N-ethyl adjacent to an activating group) is 1. The molecule has 0 bridgehead atoms. The van der Waals surface area contributed by atoms with Crippen LogP contribution in [-0.2, 0) is 16.1 Å². The maximum absolute atomic E-state index is 13.3. The predicted molar refractivity (Wildman–Crippen MR) is 118 cm³/mol. The number of nitrogens with one attached hydrogen (secondary N) is 1. The van der Waals surface area contributed by atoms with Crippen molar-refractivity contribution in [2.45, 2.75) is 52.9 Å². The molecule has 2 fully saturated rings. The third-order valence-corrected chi connectivity index (χ3v) is 5.71. The van der Waals surface area contributed by atoms with Crippen molar-refractivity contribution in [2.75, 3.05) is 26.7 Å². The van der Waals surface area contributed by atoms with E-state index in [0.29, 0.717) is 32.0 Å². The van der Waals surface area contributed by atoms with Gasteiger partial charge in [0.25, 0.3) is 0 Å². The Hall–Kier alpha value is -2.61. The highest BCUT2D eigenvalue weighted by molar-refractivity contribution is 5.91. The standard InChI is InChI=1S/C23H35N5O3/c1-16(2)11-19-22(30)26(13-17(3)4)14-20-27(19)21(29)15-25(5)28(20)23(31)24-12-18-9-7-6-8-10-18/h6-10,16-17,19-20H,11-15H2,1-5H3,(H,24,31)/t19-,20-/m0/s1. The average Bonchev–Trinajstić information content (AvgIpc) is 2.69. The van der Waals surface area contributed by atoms with Crippen LogP contribution in [0.1, 0.15) is 39.7 Å². The molecule has 0 radical (unpaired) electrons. The molecular weight excluding hydrogens is 394 g/mol. The molecule has 4 amide bonds. The van der Waals surface area contributed by atoms with Gasteiger partial charge < -0.3 is 15.1 Å². The summed E-state index contributed by atoms with van der Waals surface area (Å²) in [5, 5.41) is 6.25. The highest BCUT2D eigenvalue weighted by Crippen LogP contribution is 2.29. The summed E-state index contributed by atoms with van der Waals surface area (Å²) in [4.78, 5) is 43.0. The second kappa shape index (κ2) is 9.68.